The number of carboxylic acids is 1. The number of likely N-dealkylation sites (tertiary alicyclic amines) is 1. The number of hydrogen-bond donors (Lipinski definition) is 3. The van der Waals surface area contributed by atoms with Crippen molar-refractivity contribution in [2.75, 3.05) is 27.2 Å². The summed E-state index contributed by atoms with van der Waals surface area (Å²) < 4.78 is 6.27. The van der Waals surface area contributed by atoms with E-state index in [0.29, 0.717) is 24.5 Å². The van der Waals surface area contributed by atoms with E-state index in [2.05, 4.69) is 41.5 Å². The van der Waals surface area contributed by atoms with Crippen LogP contribution in [0.5, 0.6) is 0 Å². The molecule has 2 aliphatic rings. The first kappa shape index (κ1) is 42.0. The van der Waals surface area contributed by atoms with Gasteiger partial charge in [-0.1, -0.05) is 81.8 Å². The lowest BCUT2D eigenvalue weighted by atomic mass is 9.91. The number of carbonyl (C=O) groups is 4. The summed E-state index contributed by atoms with van der Waals surface area (Å²) in [6.07, 6.45) is 5.01. The van der Waals surface area contributed by atoms with Crippen LogP contribution >= 0.6 is 11.3 Å². The average Bonchev–Trinajstić information content (AvgIpc) is 3.84. The molecule has 3 amide bonds. The summed E-state index contributed by atoms with van der Waals surface area (Å²) in [6.45, 7) is 8.99. The number of aliphatic carboxylic acids is 1. The number of amides is 3. The molecule has 0 spiro atoms. The van der Waals surface area contributed by atoms with Crippen LogP contribution in [0, 0.1) is 17.8 Å². The lowest BCUT2D eigenvalue weighted by Gasteiger charge is -2.38. The van der Waals surface area contributed by atoms with Crippen LogP contribution in [0.1, 0.15) is 98.1 Å². The van der Waals surface area contributed by atoms with Gasteiger partial charge in [-0.25, -0.2) is 4.98 Å². The number of aromatic nitrogens is 1. The highest BCUT2D eigenvalue weighted by Gasteiger charge is 2.40. The third-order valence-corrected chi connectivity index (χ3v) is 12.3. The summed E-state index contributed by atoms with van der Waals surface area (Å²) in [5.41, 5.74) is 3.69. The van der Waals surface area contributed by atoms with Gasteiger partial charge in [0.2, 0.25) is 11.8 Å². The average molecular weight is 774 g/mol. The van der Waals surface area contributed by atoms with Crippen LogP contribution in [-0.4, -0.2) is 95.0 Å². The first-order valence-corrected chi connectivity index (χ1v) is 20.7. The maximum Gasteiger partial charge on any atom is 0.306 e. The fourth-order valence-corrected chi connectivity index (χ4v) is 9.06. The van der Waals surface area contributed by atoms with E-state index in [4.69, 9.17) is 9.72 Å². The molecule has 6 atom stereocenters. The largest absolute Gasteiger partial charge is 0.481 e. The first-order chi connectivity index (χ1) is 26.4. The predicted octanol–water partition coefficient (Wildman–Crippen LogP) is 5.93. The van der Waals surface area contributed by atoms with E-state index in [-0.39, 0.29) is 53.8 Å². The molecule has 0 radical (unpaired) electrons. The SMILES string of the molecule is CCOC(CC(C(C)C)N(C)C(=O)C(NC(=O)[C@H]1CCCCN1C)C1Cc2ccccc2C1)c1nc(C(=O)NC(Cc2ccccc2)CC(C)C(=O)O)cs1. The Balaban J connectivity index is 1.32. The zero-order chi connectivity index (χ0) is 39.6. The van der Waals surface area contributed by atoms with Crippen LogP contribution in [0.15, 0.2) is 60.0 Å². The molecule has 0 bridgehead atoms. The second kappa shape index (κ2) is 19.6. The number of ether oxygens (including phenoxy) is 1. The second-order valence-corrected chi connectivity index (χ2v) is 16.7. The number of carboxylic acid groups (broad SMARTS) is 1. The standard InChI is InChI=1S/C43H59N5O6S/c1-7-54-37(41-45-34(26-55-41)39(49)44-33(21-28(4)43(52)53)22-29-15-9-8-10-16-29)25-36(27(2)3)48(6)42(51)38(32-23-30-17-11-12-18-31(30)24-32)46-40(50)35-19-13-14-20-47(35)5/h8-12,15-18,26-28,32-33,35-38H,7,13-14,19-25H2,1-6H3,(H,44,49)(H,46,50)(H,52,53)/t28?,33?,35-,36?,37?,38?/m1/s1. The van der Waals surface area contributed by atoms with Crippen molar-refractivity contribution in [1.29, 1.82) is 0 Å². The fourth-order valence-electron chi connectivity index (χ4n) is 8.21. The summed E-state index contributed by atoms with van der Waals surface area (Å²) in [5.74, 6) is -2.14. The van der Waals surface area contributed by atoms with E-state index < -0.39 is 30.1 Å². The molecule has 5 unspecified atom stereocenters. The van der Waals surface area contributed by atoms with E-state index in [0.717, 1.165) is 44.2 Å². The van der Waals surface area contributed by atoms with E-state index in [9.17, 15) is 24.3 Å². The molecule has 3 N–H and O–H groups in total. The van der Waals surface area contributed by atoms with Crippen LogP contribution in [0.2, 0.25) is 0 Å². The molecule has 1 aliphatic carbocycles. The maximum absolute atomic E-state index is 14.7. The van der Waals surface area contributed by atoms with Crippen LogP contribution in [-0.2, 0) is 38.4 Å². The summed E-state index contributed by atoms with van der Waals surface area (Å²) in [7, 11) is 3.81. The van der Waals surface area contributed by atoms with Gasteiger partial charge in [0.25, 0.3) is 5.91 Å². The number of fused-ring (bicyclic) bond motifs is 1. The van der Waals surface area contributed by atoms with Gasteiger partial charge < -0.3 is 25.4 Å². The number of thiazole rings is 1. The lowest BCUT2D eigenvalue weighted by Crippen LogP contribution is -2.58. The Kier molecular flexibility index (Phi) is 15.0. The van der Waals surface area contributed by atoms with Gasteiger partial charge in [0.1, 0.15) is 22.8 Å². The highest BCUT2D eigenvalue weighted by Crippen LogP contribution is 2.33. The Labute approximate surface area is 330 Å². The van der Waals surface area contributed by atoms with Gasteiger partial charge >= 0.3 is 5.97 Å². The van der Waals surface area contributed by atoms with E-state index in [1.165, 1.54) is 22.5 Å². The van der Waals surface area contributed by atoms with Gasteiger partial charge in [-0.15, -0.1) is 11.3 Å². The lowest BCUT2D eigenvalue weighted by molar-refractivity contribution is -0.141. The summed E-state index contributed by atoms with van der Waals surface area (Å²) in [6, 6.07) is 16.4. The molecule has 11 nitrogen and oxygen atoms in total. The van der Waals surface area contributed by atoms with Crippen LogP contribution in [0.3, 0.4) is 0 Å². The summed E-state index contributed by atoms with van der Waals surface area (Å²) in [4.78, 5) is 62.4. The van der Waals surface area contributed by atoms with E-state index >= 15 is 0 Å². The Morgan fingerprint density at radius 2 is 1.65 bits per heavy atom. The number of benzene rings is 2. The van der Waals surface area contributed by atoms with Crippen molar-refractivity contribution in [3.63, 3.8) is 0 Å². The molecule has 5 rings (SSSR count). The Morgan fingerprint density at radius 1 is 0.982 bits per heavy atom. The molecule has 2 aromatic carbocycles. The van der Waals surface area contributed by atoms with Crippen molar-refractivity contribution in [3.8, 4) is 0 Å². The monoisotopic (exact) mass is 773 g/mol. The number of rotatable bonds is 18. The van der Waals surface area contributed by atoms with Gasteiger partial charge in [0.15, 0.2) is 0 Å². The van der Waals surface area contributed by atoms with Crippen molar-refractivity contribution < 1.29 is 29.0 Å². The summed E-state index contributed by atoms with van der Waals surface area (Å²) >= 11 is 1.34. The number of hydrogen-bond acceptors (Lipinski definition) is 8. The van der Waals surface area contributed by atoms with Gasteiger partial charge in [-0.05, 0) is 87.6 Å². The number of nitrogens with one attached hydrogen (secondary N) is 2. The molecule has 1 saturated heterocycles. The molecule has 0 saturated carbocycles. The highest BCUT2D eigenvalue weighted by molar-refractivity contribution is 7.09. The minimum Gasteiger partial charge on any atom is -0.481 e. The molecule has 298 valence electrons. The Bertz CT molecular complexity index is 1720. The van der Waals surface area contributed by atoms with E-state index in [1.807, 2.05) is 63.5 Å². The molecular formula is C43H59N5O6S. The van der Waals surface area contributed by atoms with Crippen LogP contribution in [0.25, 0.3) is 0 Å². The minimum atomic E-state index is -0.912. The second-order valence-electron chi connectivity index (χ2n) is 15.8. The Hall–Kier alpha value is -4.13. The quantitative estimate of drug-likeness (QED) is 0.145. The van der Waals surface area contributed by atoms with Gasteiger partial charge in [0, 0.05) is 37.5 Å². The first-order valence-electron chi connectivity index (χ1n) is 19.8. The maximum atomic E-state index is 14.7. The third kappa shape index (κ3) is 11.0. The smallest absolute Gasteiger partial charge is 0.306 e. The Morgan fingerprint density at radius 3 is 2.27 bits per heavy atom. The van der Waals surface area contributed by atoms with Crippen molar-refractivity contribution in [2.24, 2.45) is 17.8 Å². The molecular weight excluding hydrogens is 715 g/mol. The molecule has 55 heavy (non-hydrogen) atoms. The normalized spacial score (nSPS) is 18.9. The fraction of sp³-hybridized carbons (Fsp3) is 0.558. The van der Waals surface area contributed by atoms with Crippen molar-refractivity contribution in [3.05, 3.63) is 87.4 Å². The predicted molar refractivity (Wildman–Crippen MR) is 215 cm³/mol. The molecule has 12 heteroatoms. The van der Waals surface area contributed by atoms with Crippen molar-refractivity contribution in [1.82, 2.24) is 25.4 Å². The molecule has 2 heterocycles. The minimum absolute atomic E-state index is 0.0520. The topological polar surface area (TPSA) is 141 Å². The van der Waals surface area contributed by atoms with Crippen LogP contribution < -0.4 is 10.6 Å². The van der Waals surface area contributed by atoms with Crippen LogP contribution in [0.4, 0.5) is 0 Å². The van der Waals surface area contributed by atoms with E-state index in [1.54, 1.807) is 17.2 Å². The molecule has 3 aromatic rings. The molecule has 1 aliphatic heterocycles. The highest BCUT2D eigenvalue weighted by atomic mass is 32.1. The zero-order valence-corrected chi connectivity index (χ0v) is 34.0. The van der Waals surface area contributed by atoms with Crippen molar-refractivity contribution in [2.45, 2.75) is 109 Å². The van der Waals surface area contributed by atoms with Crippen molar-refractivity contribution >= 4 is 35.0 Å². The van der Waals surface area contributed by atoms with Gasteiger partial charge in [-0.2, -0.15) is 0 Å². The summed E-state index contributed by atoms with van der Waals surface area (Å²) in [5, 5.41) is 18.2. The van der Waals surface area contributed by atoms with Gasteiger partial charge in [0.05, 0.1) is 12.0 Å². The number of piperidine rings is 1. The molecule has 1 fully saturated rings. The molecule has 1 aromatic heterocycles. The van der Waals surface area contributed by atoms with Gasteiger partial charge in [-0.3, -0.25) is 24.1 Å². The number of carbonyl (C=O) groups excluding carboxylic acids is 3. The zero-order valence-electron chi connectivity index (χ0n) is 33.2. The number of nitrogens with zero attached hydrogens (tertiary/aromatic N) is 3. The third-order valence-electron chi connectivity index (χ3n) is 11.4. The number of likely N-dealkylation sites (N-methyl/N-ethyl adjacent to an activating group) is 2.